The van der Waals surface area contributed by atoms with E-state index in [2.05, 4.69) is 10.6 Å². The zero-order chi connectivity index (χ0) is 17.4. The predicted octanol–water partition coefficient (Wildman–Crippen LogP) is 4.37. The van der Waals surface area contributed by atoms with E-state index >= 15 is 0 Å². The molecular formula is C19H24N2O3. The first kappa shape index (κ1) is 17.7. The van der Waals surface area contributed by atoms with E-state index in [4.69, 9.17) is 9.47 Å². The Balaban J connectivity index is 2.04. The molecule has 0 fully saturated rings. The number of amides is 2. The van der Waals surface area contributed by atoms with E-state index in [0.29, 0.717) is 24.7 Å². The van der Waals surface area contributed by atoms with Crippen LogP contribution < -0.4 is 20.1 Å². The first-order valence-electron chi connectivity index (χ1n) is 8.16. The van der Waals surface area contributed by atoms with Crippen LogP contribution in [-0.2, 0) is 0 Å². The molecular weight excluding hydrogens is 304 g/mol. The average molecular weight is 328 g/mol. The van der Waals surface area contributed by atoms with Crippen LogP contribution in [0.25, 0.3) is 0 Å². The fourth-order valence-electron chi connectivity index (χ4n) is 2.31. The third kappa shape index (κ3) is 4.91. The number of hydrogen-bond donors (Lipinski definition) is 2. The van der Waals surface area contributed by atoms with Gasteiger partial charge in [0, 0.05) is 5.69 Å². The molecule has 5 heteroatoms. The number of hydrogen-bond acceptors (Lipinski definition) is 3. The summed E-state index contributed by atoms with van der Waals surface area (Å²) in [6.07, 6.45) is 0. The van der Waals surface area contributed by atoms with E-state index in [-0.39, 0.29) is 12.1 Å². The monoisotopic (exact) mass is 328 g/mol. The van der Waals surface area contributed by atoms with Crippen LogP contribution in [0.4, 0.5) is 10.5 Å². The summed E-state index contributed by atoms with van der Waals surface area (Å²) in [5.41, 5.74) is 1.70. The van der Waals surface area contributed by atoms with Crippen molar-refractivity contribution in [2.75, 3.05) is 18.5 Å². The molecule has 0 heterocycles. The highest BCUT2D eigenvalue weighted by molar-refractivity contribution is 5.89. The molecule has 0 aromatic heterocycles. The Morgan fingerprint density at radius 3 is 2.33 bits per heavy atom. The van der Waals surface area contributed by atoms with Crippen molar-refractivity contribution in [2.45, 2.75) is 26.8 Å². The number of para-hydroxylation sites is 1. The molecule has 2 amide bonds. The number of carbonyl (C=O) groups is 1. The average Bonchev–Trinajstić information content (AvgIpc) is 2.57. The summed E-state index contributed by atoms with van der Waals surface area (Å²) in [7, 11) is 0. The topological polar surface area (TPSA) is 59.6 Å². The maximum Gasteiger partial charge on any atom is 0.319 e. The van der Waals surface area contributed by atoms with Crippen molar-refractivity contribution in [2.24, 2.45) is 0 Å². The van der Waals surface area contributed by atoms with Gasteiger partial charge in [0.2, 0.25) is 0 Å². The van der Waals surface area contributed by atoms with Crippen LogP contribution in [0.1, 0.15) is 32.4 Å². The van der Waals surface area contributed by atoms with Crippen molar-refractivity contribution in [3.63, 3.8) is 0 Å². The van der Waals surface area contributed by atoms with Gasteiger partial charge in [-0.25, -0.2) is 4.79 Å². The number of rotatable bonds is 7. The lowest BCUT2D eigenvalue weighted by atomic mass is 10.1. The standard InChI is InChI=1S/C19H24N2O3/c1-4-23-17-12-11-15(13-18(17)24-5-2)14(3)20-19(22)21-16-9-7-6-8-10-16/h6-14H,4-5H2,1-3H3,(H2,20,21,22)/t14-/m0/s1. The van der Waals surface area contributed by atoms with Crippen LogP contribution in [-0.4, -0.2) is 19.2 Å². The number of nitrogens with one attached hydrogen (secondary N) is 2. The fourth-order valence-corrected chi connectivity index (χ4v) is 2.31. The smallest absolute Gasteiger partial charge is 0.319 e. The van der Waals surface area contributed by atoms with E-state index in [0.717, 1.165) is 11.3 Å². The molecule has 0 saturated carbocycles. The summed E-state index contributed by atoms with van der Waals surface area (Å²) in [5, 5.41) is 5.73. The minimum Gasteiger partial charge on any atom is -0.490 e. The number of urea groups is 1. The Morgan fingerprint density at radius 2 is 1.67 bits per heavy atom. The minimum absolute atomic E-state index is 0.163. The van der Waals surface area contributed by atoms with Crippen molar-refractivity contribution in [3.8, 4) is 11.5 Å². The molecule has 0 spiro atoms. The largest absolute Gasteiger partial charge is 0.490 e. The van der Waals surface area contributed by atoms with Gasteiger partial charge in [-0.2, -0.15) is 0 Å². The zero-order valence-electron chi connectivity index (χ0n) is 14.3. The van der Waals surface area contributed by atoms with Gasteiger partial charge in [-0.3, -0.25) is 0 Å². The van der Waals surface area contributed by atoms with Crippen LogP contribution in [0.5, 0.6) is 11.5 Å². The molecule has 2 N–H and O–H groups in total. The van der Waals surface area contributed by atoms with Gasteiger partial charge in [-0.1, -0.05) is 24.3 Å². The first-order valence-corrected chi connectivity index (χ1v) is 8.16. The second-order valence-corrected chi connectivity index (χ2v) is 5.26. The van der Waals surface area contributed by atoms with Crippen molar-refractivity contribution in [3.05, 3.63) is 54.1 Å². The third-order valence-electron chi connectivity index (χ3n) is 3.45. The predicted molar refractivity (Wildman–Crippen MR) is 95.8 cm³/mol. The molecule has 5 nitrogen and oxygen atoms in total. The highest BCUT2D eigenvalue weighted by Gasteiger charge is 2.13. The highest BCUT2D eigenvalue weighted by Crippen LogP contribution is 2.30. The molecule has 0 radical (unpaired) electrons. The van der Waals surface area contributed by atoms with Crippen LogP contribution in [0.2, 0.25) is 0 Å². The van der Waals surface area contributed by atoms with Crippen molar-refractivity contribution in [1.29, 1.82) is 0 Å². The summed E-state index contributed by atoms with van der Waals surface area (Å²) in [5.74, 6) is 1.40. The van der Waals surface area contributed by atoms with E-state index in [1.807, 2.05) is 69.3 Å². The van der Waals surface area contributed by atoms with Crippen LogP contribution in [0.3, 0.4) is 0 Å². The van der Waals surface area contributed by atoms with Gasteiger partial charge in [-0.15, -0.1) is 0 Å². The first-order chi connectivity index (χ1) is 11.6. The van der Waals surface area contributed by atoms with Gasteiger partial charge in [0.15, 0.2) is 11.5 Å². The van der Waals surface area contributed by atoms with E-state index < -0.39 is 0 Å². The zero-order valence-corrected chi connectivity index (χ0v) is 14.3. The molecule has 0 aliphatic carbocycles. The Morgan fingerprint density at radius 1 is 1.00 bits per heavy atom. The van der Waals surface area contributed by atoms with Crippen LogP contribution >= 0.6 is 0 Å². The third-order valence-corrected chi connectivity index (χ3v) is 3.45. The summed E-state index contributed by atoms with van der Waals surface area (Å²) >= 11 is 0. The summed E-state index contributed by atoms with van der Waals surface area (Å²) < 4.78 is 11.2. The molecule has 0 unspecified atom stereocenters. The summed E-state index contributed by atoms with van der Waals surface area (Å²) in [6.45, 7) is 6.92. The number of carbonyl (C=O) groups excluding carboxylic acids is 1. The maximum absolute atomic E-state index is 12.1. The van der Waals surface area contributed by atoms with Crippen LogP contribution in [0, 0.1) is 0 Å². The van der Waals surface area contributed by atoms with Gasteiger partial charge >= 0.3 is 6.03 Å². The Labute approximate surface area is 143 Å². The molecule has 128 valence electrons. The second-order valence-electron chi connectivity index (χ2n) is 5.26. The Kier molecular flexibility index (Phi) is 6.49. The summed E-state index contributed by atoms with van der Waals surface area (Å²) in [4.78, 5) is 12.1. The molecule has 2 rings (SSSR count). The molecule has 24 heavy (non-hydrogen) atoms. The number of benzene rings is 2. The van der Waals surface area contributed by atoms with Crippen molar-refractivity contribution in [1.82, 2.24) is 5.32 Å². The lowest BCUT2D eigenvalue weighted by Crippen LogP contribution is -2.31. The van der Waals surface area contributed by atoms with E-state index in [1.165, 1.54) is 0 Å². The fraction of sp³-hybridized carbons (Fsp3) is 0.316. The maximum atomic E-state index is 12.1. The van der Waals surface area contributed by atoms with Gasteiger partial charge < -0.3 is 20.1 Å². The second kappa shape index (κ2) is 8.82. The quantitative estimate of drug-likeness (QED) is 0.793. The molecule has 0 aliphatic heterocycles. The molecule has 0 aliphatic rings. The lowest BCUT2D eigenvalue weighted by Gasteiger charge is -2.18. The number of ether oxygens (including phenoxy) is 2. The van der Waals surface area contributed by atoms with Crippen molar-refractivity contribution < 1.29 is 14.3 Å². The molecule has 0 bridgehead atoms. The molecule has 1 atom stereocenters. The van der Waals surface area contributed by atoms with Crippen molar-refractivity contribution >= 4 is 11.7 Å². The SMILES string of the molecule is CCOc1ccc([C@H](C)NC(=O)Nc2ccccc2)cc1OCC. The van der Waals surface area contributed by atoms with Crippen LogP contribution in [0.15, 0.2) is 48.5 Å². The lowest BCUT2D eigenvalue weighted by molar-refractivity contribution is 0.249. The Hall–Kier alpha value is -2.69. The number of anilines is 1. The van der Waals surface area contributed by atoms with Gasteiger partial charge in [0.1, 0.15) is 0 Å². The Bertz CT molecular complexity index is 659. The normalized spacial score (nSPS) is 11.5. The molecule has 2 aromatic carbocycles. The molecule has 2 aromatic rings. The van der Waals surface area contributed by atoms with E-state index in [9.17, 15) is 4.79 Å². The summed E-state index contributed by atoms with van der Waals surface area (Å²) in [6, 6.07) is 14.6. The highest BCUT2D eigenvalue weighted by atomic mass is 16.5. The van der Waals surface area contributed by atoms with Gasteiger partial charge in [0.05, 0.1) is 19.3 Å². The molecule has 0 saturated heterocycles. The van der Waals surface area contributed by atoms with Gasteiger partial charge in [-0.05, 0) is 50.6 Å². The van der Waals surface area contributed by atoms with E-state index in [1.54, 1.807) is 0 Å². The van der Waals surface area contributed by atoms with Gasteiger partial charge in [0.25, 0.3) is 0 Å². The minimum atomic E-state index is -0.249.